The van der Waals surface area contributed by atoms with E-state index in [-0.39, 0.29) is 11.5 Å². The Hall–Kier alpha value is -2.95. The molecule has 138 valence electrons. The van der Waals surface area contributed by atoms with Crippen molar-refractivity contribution in [3.05, 3.63) is 59.4 Å². The fourth-order valence-electron chi connectivity index (χ4n) is 2.39. The molecular formula is C21H24O5. The average Bonchev–Trinajstić information content (AvgIpc) is 3.02. The Labute approximate surface area is 153 Å². The number of esters is 1. The normalized spacial score (nSPS) is 11.5. The maximum Gasteiger partial charge on any atom is 0.331 e. The van der Waals surface area contributed by atoms with Gasteiger partial charge in [0.15, 0.2) is 0 Å². The lowest BCUT2D eigenvalue weighted by Gasteiger charge is -2.14. The quantitative estimate of drug-likeness (QED) is 0.319. The van der Waals surface area contributed by atoms with Gasteiger partial charge in [0.2, 0.25) is 0 Å². The molecule has 1 aromatic carbocycles. The number of allylic oxidation sites excluding steroid dienone is 2. The third-order valence-corrected chi connectivity index (χ3v) is 3.64. The van der Waals surface area contributed by atoms with Crippen molar-refractivity contribution in [2.75, 3.05) is 0 Å². The van der Waals surface area contributed by atoms with E-state index in [2.05, 4.69) is 0 Å². The Balaban J connectivity index is 2.32. The number of carbonyl (C=O) groups is 1. The standard InChI is InChI=1S/C21H24O5/c1-13(2)5-8-19(26-21(24)9-14(3)4)15-10-20(25-12-15)17-11-16(22)6-7-18(17)23/h5-7,9-12,19,22-23H,8H2,1-4H3/t19-/m1/s1. The molecule has 0 aliphatic heterocycles. The lowest BCUT2D eigenvalue weighted by Crippen LogP contribution is -2.08. The van der Waals surface area contributed by atoms with Gasteiger partial charge in [-0.3, -0.25) is 0 Å². The third kappa shape index (κ3) is 5.28. The number of rotatable bonds is 6. The third-order valence-electron chi connectivity index (χ3n) is 3.64. The first-order valence-electron chi connectivity index (χ1n) is 8.36. The van der Waals surface area contributed by atoms with E-state index >= 15 is 0 Å². The number of ether oxygens (including phenoxy) is 1. The molecule has 1 aromatic heterocycles. The molecule has 1 heterocycles. The van der Waals surface area contributed by atoms with E-state index in [0.29, 0.717) is 23.3 Å². The number of hydrogen-bond donors (Lipinski definition) is 2. The summed E-state index contributed by atoms with van der Waals surface area (Å²) in [5.41, 5.74) is 3.01. The molecule has 2 aromatic rings. The summed E-state index contributed by atoms with van der Waals surface area (Å²) >= 11 is 0. The number of hydrogen-bond acceptors (Lipinski definition) is 5. The molecular weight excluding hydrogens is 332 g/mol. The van der Waals surface area contributed by atoms with Gasteiger partial charge in [0.1, 0.15) is 23.4 Å². The lowest BCUT2D eigenvalue weighted by atomic mass is 10.1. The molecule has 5 heteroatoms. The first-order valence-corrected chi connectivity index (χ1v) is 8.36. The van der Waals surface area contributed by atoms with E-state index in [0.717, 1.165) is 11.1 Å². The Morgan fingerprint density at radius 3 is 2.54 bits per heavy atom. The Morgan fingerprint density at radius 2 is 1.88 bits per heavy atom. The summed E-state index contributed by atoms with van der Waals surface area (Å²) in [5.74, 6) is -0.0214. The number of aromatic hydroxyl groups is 2. The molecule has 0 aliphatic carbocycles. The van der Waals surface area contributed by atoms with Crippen LogP contribution in [-0.2, 0) is 9.53 Å². The van der Waals surface area contributed by atoms with Crippen molar-refractivity contribution in [2.45, 2.75) is 40.2 Å². The molecule has 0 bridgehead atoms. The monoisotopic (exact) mass is 356 g/mol. The second-order valence-electron chi connectivity index (χ2n) is 6.61. The van der Waals surface area contributed by atoms with Crippen LogP contribution in [0.5, 0.6) is 11.5 Å². The van der Waals surface area contributed by atoms with Gasteiger partial charge in [0.05, 0.1) is 11.8 Å². The van der Waals surface area contributed by atoms with Crippen molar-refractivity contribution in [3.8, 4) is 22.8 Å². The van der Waals surface area contributed by atoms with Gasteiger partial charge >= 0.3 is 5.97 Å². The van der Waals surface area contributed by atoms with Gasteiger partial charge in [-0.15, -0.1) is 0 Å². The summed E-state index contributed by atoms with van der Waals surface area (Å²) in [7, 11) is 0. The summed E-state index contributed by atoms with van der Waals surface area (Å²) in [6, 6.07) is 5.90. The first-order chi connectivity index (χ1) is 12.3. The SMILES string of the molecule is CC(C)=CC[C@@H](OC(=O)C=C(C)C)c1coc(-c2cc(O)ccc2O)c1. The van der Waals surface area contributed by atoms with Gasteiger partial charge in [0, 0.05) is 18.1 Å². The molecule has 26 heavy (non-hydrogen) atoms. The minimum atomic E-state index is -0.509. The van der Waals surface area contributed by atoms with Crippen molar-refractivity contribution in [2.24, 2.45) is 0 Å². The molecule has 0 radical (unpaired) electrons. The second-order valence-corrected chi connectivity index (χ2v) is 6.61. The smallest absolute Gasteiger partial charge is 0.331 e. The summed E-state index contributed by atoms with van der Waals surface area (Å²) < 4.78 is 11.1. The fraction of sp³-hybridized carbons (Fsp3) is 0.286. The minimum absolute atomic E-state index is 0.00826. The highest BCUT2D eigenvalue weighted by Crippen LogP contribution is 2.35. The molecule has 0 aliphatic rings. The summed E-state index contributed by atoms with van der Waals surface area (Å²) in [6.45, 7) is 7.60. The van der Waals surface area contributed by atoms with Crippen LogP contribution in [0.15, 0.2) is 58.2 Å². The Morgan fingerprint density at radius 1 is 1.15 bits per heavy atom. The second kappa shape index (κ2) is 8.43. The van der Waals surface area contributed by atoms with Crippen LogP contribution in [-0.4, -0.2) is 16.2 Å². The predicted octanol–water partition coefficient (Wildman–Crippen LogP) is 5.26. The molecule has 0 saturated carbocycles. The molecule has 0 unspecified atom stereocenters. The highest BCUT2D eigenvalue weighted by molar-refractivity contribution is 5.82. The molecule has 2 rings (SSSR count). The number of carbonyl (C=O) groups excluding carboxylic acids is 1. The number of furan rings is 1. The summed E-state index contributed by atoms with van der Waals surface area (Å²) in [4.78, 5) is 12.0. The largest absolute Gasteiger partial charge is 0.508 e. The fourth-order valence-corrected chi connectivity index (χ4v) is 2.39. The van der Waals surface area contributed by atoms with Gasteiger partial charge in [-0.05, 0) is 52.0 Å². The Kier molecular flexibility index (Phi) is 6.28. The van der Waals surface area contributed by atoms with Crippen LogP contribution in [0, 0.1) is 0 Å². The van der Waals surface area contributed by atoms with Crippen LogP contribution in [0.3, 0.4) is 0 Å². The van der Waals surface area contributed by atoms with Crippen molar-refractivity contribution in [3.63, 3.8) is 0 Å². The molecule has 0 saturated heterocycles. The number of phenols is 2. The summed E-state index contributed by atoms with van der Waals surface area (Å²) in [6.07, 6.45) is 4.93. The number of phenolic OH excluding ortho intramolecular Hbond substituents is 2. The molecule has 1 atom stereocenters. The van der Waals surface area contributed by atoms with Gasteiger partial charge < -0.3 is 19.4 Å². The minimum Gasteiger partial charge on any atom is -0.508 e. The van der Waals surface area contributed by atoms with Crippen LogP contribution in [0.2, 0.25) is 0 Å². The van der Waals surface area contributed by atoms with Crippen LogP contribution in [0.25, 0.3) is 11.3 Å². The maximum absolute atomic E-state index is 12.0. The van der Waals surface area contributed by atoms with E-state index in [1.165, 1.54) is 30.5 Å². The van der Waals surface area contributed by atoms with Crippen LogP contribution >= 0.6 is 0 Å². The molecule has 5 nitrogen and oxygen atoms in total. The zero-order chi connectivity index (χ0) is 19.3. The molecule has 0 amide bonds. The highest BCUT2D eigenvalue weighted by Gasteiger charge is 2.19. The Bertz CT molecular complexity index is 834. The molecule has 0 spiro atoms. The van der Waals surface area contributed by atoms with Crippen molar-refractivity contribution < 1.29 is 24.2 Å². The predicted molar refractivity (Wildman–Crippen MR) is 99.8 cm³/mol. The zero-order valence-electron chi connectivity index (χ0n) is 15.4. The van der Waals surface area contributed by atoms with E-state index in [9.17, 15) is 15.0 Å². The van der Waals surface area contributed by atoms with Gasteiger partial charge in [-0.2, -0.15) is 0 Å². The van der Waals surface area contributed by atoms with Gasteiger partial charge in [0.25, 0.3) is 0 Å². The zero-order valence-corrected chi connectivity index (χ0v) is 15.4. The molecule has 0 fully saturated rings. The van der Waals surface area contributed by atoms with Crippen LogP contribution in [0.4, 0.5) is 0 Å². The van der Waals surface area contributed by atoms with E-state index in [4.69, 9.17) is 9.15 Å². The van der Waals surface area contributed by atoms with E-state index < -0.39 is 12.1 Å². The first kappa shape index (κ1) is 19.4. The van der Waals surface area contributed by atoms with Crippen molar-refractivity contribution in [1.29, 1.82) is 0 Å². The van der Waals surface area contributed by atoms with Crippen LogP contribution < -0.4 is 0 Å². The van der Waals surface area contributed by atoms with Gasteiger partial charge in [-0.1, -0.05) is 17.2 Å². The van der Waals surface area contributed by atoms with Crippen molar-refractivity contribution >= 4 is 5.97 Å². The maximum atomic E-state index is 12.0. The van der Waals surface area contributed by atoms with Gasteiger partial charge in [-0.25, -0.2) is 4.79 Å². The highest BCUT2D eigenvalue weighted by atomic mass is 16.5. The lowest BCUT2D eigenvalue weighted by molar-refractivity contribution is -0.143. The summed E-state index contributed by atoms with van der Waals surface area (Å²) in [5, 5.41) is 19.6. The van der Waals surface area contributed by atoms with E-state index in [1.807, 2.05) is 33.8 Å². The van der Waals surface area contributed by atoms with Crippen molar-refractivity contribution in [1.82, 2.24) is 0 Å². The average molecular weight is 356 g/mol. The van der Waals surface area contributed by atoms with Crippen LogP contribution in [0.1, 0.15) is 45.8 Å². The number of benzene rings is 1. The molecule has 2 N–H and O–H groups in total. The topological polar surface area (TPSA) is 79.9 Å². The van der Waals surface area contributed by atoms with E-state index in [1.54, 1.807) is 6.07 Å².